The van der Waals surface area contributed by atoms with E-state index in [4.69, 9.17) is 5.73 Å². The topological polar surface area (TPSA) is 90.9 Å². The molecule has 24 heavy (non-hydrogen) atoms. The molecule has 124 valence electrons. The molecule has 3 aromatic heterocycles. The van der Waals surface area contributed by atoms with Gasteiger partial charge in [0.15, 0.2) is 0 Å². The van der Waals surface area contributed by atoms with E-state index in [2.05, 4.69) is 9.97 Å². The van der Waals surface area contributed by atoms with Gasteiger partial charge in [-0.2, -0.15) is 4.39 Å². The summed E-state index contributed by atoms with van der Waals surface area (Å²) in [5.74, 6) is -0.755. The molecule has 0 amide bonds. The first kappa shape index (κ1) is 16.3. The summed E-state index contributed by atoms with van der Waals surface area (Å²) in [6.07, 6.45) is 5.41. The summed E-state index contributed by atoms with van der Waals surface area (Å²) >= 11 is 0. The number of aromatic nitrogens is 3. The van der Waals surface area contributed by atoms with E-state index in [1.807, 2.05) is 0 Å². The Hall–Kier alpha value is -2.58. The Bertz CT molecular complexity index is 969. The van der Waals surface area contributed by atoms with Crippen LogP contribution in [0.5, 0.6) is 0 Å². The zero-order valence-corrected chi connectivity index (χ0v) is 13.6. The highest BCUT2D eigenvalue weighted by Gasteiger charge is 2.24. The molecule has 6 nitrogen and oxygen atoms in total. The average molecular weight is 346 g/mol. The number of hydrogen-bond donors (Lipinski definition) is 1. The van der Waals surface area contributed by atoms with Gasteiger partial charge >= 0.3 is 0 Å². The van der Waals surface area contributed by atoms with Crippen LogP contribution in [0, 0.1) is 5.95 Å². The third-order valence-electron chi connectivity index (χ3n) is 3.56. The summed E-state index contributed by atoms with van der Waals surface area (Å²) in [5, 5.41) is 0. The molecule has 0 spiro atoms. The smallest absolute Gasteiger partial charge is 0.269 e. The van der Waals surface area contributed by atoms with E-state index in [-0.39, 0.29) is 16.2 Å². The van der Waals surface area contributed by atoms with Gasteiger partial charge in [-0.1, -0.05) is 0 Å². The molecule has 8 heteroatoms. The summed E-state index contributed by atoms with van der Waals surface area (Å²) < 4.78 is 40.9. The summed E-state index contributed by atoms with van der Waals surface area (Å²) in [7, 11) is -3.94. The molecule has 0 aliphatic carbocycles. The van der Waals surface area contributed by atoms with Gasteiger partial charge in [0, 0.05) is 30.8 Å². The van der Waals surface area contributed by atoms with Crippen LogP contribution < -0.4 is 5.73 Å². The van der Waals surface area contributed by atoms with Crippen molar-refractivity contribution in [3.05, 3.63) is 66.6 Å². The fourth-order valence-corrected chi connectivity index (χ4v) is 3.64. The maximum absolute atomic E-state index is 14.1. The third-order valence-corrected chi connectivity index (χ3v) is 5.22. The minimum atomic E-state index is -3.94. The van der Waals surface area contributed by atoms with Crippen molar-refractivity contribution in [2.45, 2.75) is 17.9 Å². The average Bonchev–Trinajstić information content (AvgIpc) is 3.02. The molecule has 0 aromatic carbocycles. The van der Waals surface area contributed by atoms with E-state index in [0.29, 0.717) is 5.56 Å². The van der Waals surface area contributed by atoms with Crippen molar-refractivity contribution in [3.63, 3.8) is 0 Å². The number of rotatable bonds is 4. The largest absolute Gasteiger partial charge is 0.324 e. The molecule has 1 atom stereocenters. The van der Waals surface area contributed by atoms with Gasteiger partial charge in [0.2, 0.25) is 5.95 Å². The highest BCUT2D eigenvalue weighted by molar-refractivity contribution is 7.90. The maximum Gasteiger partial charge on any atom is 0.269 e. The lowest BCUT2D eigenvalue weighted by atomic mass is 10.1. The fraction of sp³-hybridized carbons (Fsp3) is 0.125. The lowest BCUT2D eigenvalue weighted by Crippen LogP contribution is -2.14. The first-order valence-corrected chi connectivity index (χ1v) is 8.59. The van der Waals surface area contributed by atoms with Gasteiger partial charge in [-0.15, -0.1) is 0 Å². The van der Waals surface area contributed by atoms with Gasteiger partial charge in [-0.05, 0) is 42.8 Å². The van der Waals surface area contributed by atoms with Gasteiger partial charge in [0.05, 0.1) is 11.3 Å². The van der Waals surface area contributed by atoms with Crippen LogP contribution in [0.3, 0.4) is 0 Å². The van der Waals surface area contributed by atoms with Gasteiger partial charge in [0.1, 0.15) is 4.90 Å². The Kier molecular flexibility index (Phi) is 4.16. The fourth-order valence-electron chi connectivity index (χ4n) is 2.30. The van der Waals surface area contributed by atoms with Gasteiger partial charge in [-0.3, -0.25) is 4.98 Å². The second kappa shape index (κ2) is 6.14. The Morgan fingerprint density at radius 2 is 2.00 bits per heavy atom. The second-order valence-electron chi connectivity index (χ2n) is 5.28. The number of pyridine rings is 2. The molecule has 1 unspecified atom stereocenters. The van der Waals surface area contributed by atoms with Crippen LogP contribution in [-0.4, -0.2) is 22.4 Å². The lowest BCUT2D eigenvalue weighted by molar-refractivity contribution is 0.582. The highest BCUT2D eigenvalue weighted by Crippen LogP contribution is 2.29. The van der Waals surface area contributed by atoms with E-state index in [9.17, 15) is 12.8 Å². The third kappa shape index (κ3) is 2.81. The van der Waals surface area contributed by atoms with Gasteiger partial charge in [0.25, 0.3) is 10.0 Å². The first-order chi connectivity index (χ1) is 11.4. The summed E-state index contributed by atoms with van der Waals surface area (Å²) in [5.41, 5.74) is 6.68. The molecule has 3 rings (SSSR count). The van der Waals surface area contributed by atoms with Crippen LogP contribution in [-0.2, 0) is 10.0 Å². The van der Waals surface area contributed by atoms with Crippen molar-refractivity contribution in [1.29, 1.82) is 0 Å². The zero-order valence-electron chi connectivity index (χ0n) is 12.8. The number of nitrogens with zero attached hydrogens (tertiary/aromatic N) is 3. The molecular formula is C16H15FN4O2S. The summed E-state index contributed by atoms with van der Waals surface area (Å²) in [4.78, 5) is 7.42. The van der Waals surface area contributed by atoms with Crippen LogP contribution in [0.2, 0.25) is 0 Å². The monoisotopic (exact) mass is 346 g/mol. The van der Waals surface area contributed by atoms with Crippen LogP contribution in [0.15, 0.2) is 60.0 Å². The van der Waals surface area contributed by atoms with E-state index >= 15 is 0 Å². The van der Waals surface area contributed by atoms with Crippen molar-refractivity contribution in [1.82, 2.24) is 13.9 Å². The molecule has 0 aliphatic heterocycles. The van der Waals surface area contributed by atoms with E-state index in [0.717, 1.165) is 3.97 Å². The normalized spacial score (nSPS) is 13.0. The van der Waals surface area contributed by atoms with Crippen LogP contribution >= 0.6 is 0 Å². The lowest BCUT2D eigenvalue weighted by Gasteiger charge is -2.10. The van der Waals surface area contributed by atoms with Crippen molar-refractivity contribution in [3.8, 4) is 11.3 Å². The Labute approximate surface area is 138 Å². The molecule has 0 radical (unpaired) electrons. The second-order valence-corrected chi connectivity index (χ2v) is 7.09. The van der Waals surface area contributed by atoms with E-state index in [1.54, 1.807) is 13.0 Å². The SMILES string of the molecule is CC(N)c1cc(-c2cccnc2F)n(S(=O)(=O)c2cccnc2)c1. The summed E-state index contributed by atoms with van der Waals surface area (Å²) in [6.45, 7) is 1.72. The van der Waals surface area contributed by atoms with Crippen molar-refractivity contribution in [2.75, 3.05) is 0 Å². The van der Waals surface area contributed by atoms with Gasteiger partial charge in [-0.25, -0.2) is 17.4 Å². The number of nitrogens with two attached hydrogens (primary N) is 1. The molecule has 0 saturated heterocycles. The summed E-state index contributed by atoms with van der Waals surface area (Å²) in [6, 6.07) is 7.10. The van der Waals surface area contributed by atoms with E-state index in [1.165, 1.54) is 49.1 Å². The van der Waals surface area contributed by atoms with Crippen molar-refractivity contribution < 1.29 is 12.8 Å². The van der Waals surface area contributed by atoms with Gasteiger partial charge < -0.3 is 5.73 Å². The predicted octanol–water partition coefficient (Wildman–Crippen LogP) is 2.34. The molecular weight excluding hydrogens is 331 g/mol. The Morgan fingerprint density at radius 1 is 1.25 bits per heavy atom. The number of hydrogen-bond acceptors (Lipinski definition) is 5. The molecule has 0 saturated carbocycles. The Balaban J connectivity index is 2.27. The Morgan fingerprint density at radius 3 is 2.62 bits per heavy atom. The van der Waals surface area contributed by atoms with Crippen LogP contribution in [0.1, 0.15) is 18.5 Å². The molecule has 0 aliphatic rings. The molecule has 3 heterocycles. The number of halogens is 1. The van der Waals surface area contributed by atoms with E-state index < -0.39 is 22.0 Å². The van der Waals surface area contributed by atoms with Crippen LogP contribution in [0.4, 0.5) is 4.39 Å². The minimum absolute atomic E-state index is 0.00220. The standard InChI is InChI=1S/C16H15FN4O2S/c1-11(18)12-8-15(14-5-3-7-20-16(14)17)21(10-12)24(22,23)13-4-2-6-19-9-13/h2-11H,18H2,1H3. The van der Waals surface area contributed by atoms with Crippen molar-refractivity contribution in [2.24, 2.45) is 5.73 Å². The zero-order chi connectivity index (χ0) is 17.3. The maximum atomic E-state index is 14.1. The first-order valence-electron chi connectivity index (χ1n) is 7.15. The highest BCUT2D eigenvalue weighted by atomic mass is 32.2. The molecule has 0 bridgehead atoms. The molecule has 0 fully saturated rings. The van der Waals surface area contributed by atoms with Crippen molar-refractivity contribution >= 4 is 10.0 Å². The minimum Gasteiger partial charge on any atom is -0.324 e. The quantitative estimate of drug-likeness (QED) is 0.732. The van der Waals surface area contributed by atoms with Crippen LogP contribution in [0.25, 0.3) is 11.3 Å². The molecule has 3 aromatic rings. The predicted molar refractivity (Wildman–Crippen MR) is 87.0 cm³/mol. The molecule has 2 N–H and O–H groups in total.